The van der Waals surface area contributed by atoms with Crippen LogP contribution < -0.4 is 0 Å². The molecule has 5 heteroatoms. The van der Waals surface area contributed by atoms with Crippen molar-refractivity contribution in [3.63, 3.8) is 0 Å². The molecule has 0 bridgehead atoms. The molecule has 0 radical (unpaired) electrons. The lowest BCUT2D eigenvalue weighted by atomic mass is 10.1. The van der Waals surface area contributed by atoms with E-state index in [0.717, 1.165) is 24.8 Å². The van der Waals surface area contributed by atoms with Gasteiger partial charge in [-0.25, -0.2) is 0 Å². The predicted molar refractivity (Wildman–Crippen MR) is 103 cm³/mol. The summed E-state index contributed by atoms with van der Waals surface area (Å²) in [4.78, 5) is 27.4. The molecule has 2 amide bonds. The lowest BCUT2D eigenvalue weighted by Crippen LogP contribution is -2.32. The number of hydrogen-bond acceptors (Lipinski definition) is 4. The first kappa shape index (κ1) is 19.7. The van der Waals surface area contributed by atoms with Crippen LogP contribution in [-0.2, 0) is 9.59 Å². The molecule has 0 saturated carbocycles. The number of hydrogen-bond donors (Lipinski definition) is 1. The van der Waals surface area contributed by atoms with Gasteiger partial charge in [0, 0.05) is 12.3 Å². The highest BCUT2D eigenvalue weighted by atomic mass is 32.2. The van der Waals surface area contributed by atoms with Gasteiger partial charge in [-0.05, 0) is 12.0 Å². The van der Waals surface area contributed by atoms with Gasteiger partial charge in [0.25, 0.3) is 11.8 Å². The Morgan fingerprint density at radius 3 is 2.32 bits per heavy atom. The first-order valence-electron chi connectivity index (χ1n) is 9.10. The molecule has 0 saturated heterocycles. The number of nitrogens with zero attached hydrogens (tertiary/aromatic N) is 1. The highest BCUT2D eigenvalue weighted by Gasteiger charge is 2.38. The molecule has 2 rings (SSSR count). The summed E-state index contributed by atoms with van der Waals surface area (Å²) in [6, 6.07) is 9.33. The minimum absolute atomic E-state index is 0.0187. The number of benzene rings is 1. The summed E-state index contributed by atoms with van der Waals surface area (Å²) in [6.07, 6.45) is 6.69. The fourth-order valence-corrected chi connectivity index (χ4v) is 3.83. The molecule has 0 spiro atoms. The smallest absolute Gasteiger partial charge is 0.267 e. The fraction of sp³-hybridized carbons (Fsp3) is 0.500. The molecule has 1 aliphatic heterocycles. The molecule has 25 heavy (non-hydrogen) atoms. The van der Waals surface area contributed by atoms with Gasteiger partial charge in [0.2, 0.25) is 0 Å². The molecule has 0 aliphatic carbocycles. The summed E-state index contributed by atoms with van der Waals surface area (Å²) in [6.45, 7) is 2.64. The van der Waals surface area contributed by atoms with E-state index in [2.05, 4.69) is 6.92 Å². The first-order valence-corrected chi connectivity index (χ1v) is 10.1. The third-order valence-electron chi connectivity index (χ3n) is 4.26. The summed E-state index contributed by atoms with van der Waals surface area (Å²) in [5.41, 5.74) is 1.25. The number of rotatable bonds is 11. The topological polar surface area (TPSA) is 57.6 Å². The Hall–Kier alpha value is -1.59. The van der Waals surface area contributed by atoms with Crippen LogP contribution in [0.4, 0.5) is 0 Å². The summed E-state index contributed by atoms with van der Waals surface area (Å²) in [5.74, 6) is -0.00344. The normalized spacial score (nSPS) is 14.7. The molecular formula is C20H27NO3S. The van der Waals surface area contributed by atoms with Crippen LogP contribution in [0.2, 0.25) is 0 Å². The van der Waals surface area contributed by atoms with Crippen molar-refractivity contribution < 1.29 is 14.7 Å². The van der Waals surface area contributed by atoms with Crippen LogP contribution in [0, 0.1) is 0 Å². The second-order valence-electron chi connectivity index (χ2n) is 6.17. The maximum Gasteiger partial charge on any atom is 0.267 e. The van der Waals surface area contributed by atoms with E-state index in [1.165, 1.54) is 35.9 Å². The number of aliphatic hydroxyl groups is 1. The summed E-state index contributed by atoms with van der Waals surface area (Å²) in [7, 11) is 0. The second kappa shape index (κ2) is 10.4. The number of amides is 2. The van der Waals surface area contributed by atoms with Crippen molar-refractivity contribution in [2.24, 2.45) is 0 Å². The molecule has 1 aromatic carbocycles. The van der Waals surface area contributed by atoms with Crippen molar-refractivity contribution in [1.82, 2.24) is 4.90 Å². The molecule has 0 fully saturated rings. The van der Waals surface area contributed by atoms with Crippen molar-refractivity contribution in [2.75, 3.05) is 18.9 Å². The van der Waals surface area contributed by atoms with Crippen LogP contribution in [0.5, 0.6) is 0 Å². The molecule has 0 atom stereocenters. The van der Waals surface area contributed by atoms with E-state index < -0.39 is 0 Å². The number of carbonyl (C=O) groups excluding carboxylic acids is 2. The van der Waals surface area contributed by atoms with Gasteiger partial charge in [0.15, 0.2) is 0 Å². The summed E-state index contributed by atoms with van der Waals surface area (Å²) < 4.78 is 0. The van der Waals surface area contributed by atoms with Gasteiger partial charge in [-0.3, -0.25) is 14.5 Å². The number of unbranched alkanes of at least 4 members (excludes halogenated alkanes) is 5. The zero-order valence-corrected chi connectivity index (χ0v) is 15.7. The molecule has 4 nitrogen and oxygen atoms in total. The van der Waals surface area contributed by atoms with Gasteiger partial charge in [-0.1, -0.05) is 69.4 Å². The van der Waals surface area contributed by atoms with E-state index >= 15 is 0 Å². The van der Waals surface area contributed by atoms with Crippen molar-refractivity contribution in [3.05, 3.63) is 40.8 Å². The minimum Gasteiger partial charge on any atom is -0.396 e. The number of aliphatic hydroxyl groups excluding tert-OH is 1. The van der Waals surface area contributed by atoms with Gasteiger partial charge < -0.3 is 5.11 Å². The highest BCUT2D eigenvalue weighted by Crippen LogP contribution is 2.36. The molecule has 0 aromatic heterocycles. The van der Waals surface area contributed by atoms with Crippen LogP contribution >= 0.6 is 11.8 Å². The van der Waals surface area contributed by atoms with Crippen molar-refractivity contribution in [3.8, 4) is 0 Å². The Morgan fingerprint density at radius 1 is 0.960 bits per heavy atom. The fourth-order valence-electron chi connectivity index (χ4n) is 2.95. The van der Waals surface area contributed by atoms with Crippen LogP contribution in [-0.4, -0.2) is 40.7 Å². The Labute approximate surface area is 154 Å². The predicted octanol–water partition coefficient (Wildman–Crippen LogP) is 3.85. The molecule has 1 heterocycles. The average Bonchev–Trinajstić information content (AvgIpc) is 2.87. The number of thioether (sulfide) groups is 1. The lowest BCUT2D eigenvalue weighted by Gasteiger charge is -2.15. The van der Waals surface area contributed by atoms with Crippen molar-refractivity contribution in [1.29, 1.82) is 0 Å². The molecule has 1 N–H and O–H groups in total. The standard InChI is InChI=1S/C20H27NO3S/c1-2-3-4-5-6-10-13-21-19(23)17(16-11-8-7-9-12-16)18(20(21)24)25-15-14-22/h7-9,11-12,22H,2-6,10,13-15H2,1H3. The van der Waals surface area contributed by atoms with E-state index in [4.69, 9.17) is 5.11 Å². The maximum atomic E-state index is 12.8. The van der Waals surface area contributed by atoms with Crippen LogP contribution in [0.15, 0.2) is 35.2 Å². The van der Waals surface area contributed by atoms with E-state index in [1.54, 1.807) is 0 Å². The quantitative estimate of drug-likeness (QED) is 0.480. The Balaban J connectivity index is 2.06. The van der Waals surface area contributed by atoms with E-state index in [9.17, 15) is 9.59 Å². The van der Waals surface area contributed by atoms with Gasteiger partial charge in [-0.2, -0.15) is 0 Å². The van der Waals surface area contributed by atoms with Gasteiger partial charge in [0.1, 0.15) is 0 Å². The maximum absolute atomic E-state index is 12.8. The van der Waals surface area contributed by atoms with Crippen LogP contribution in [0.25, 0.3) is 5.57 Å². The molecule has 0 unspecified atom stereocenters. The van der Waals surface area contributed by atoms with Crippen LogP contribution in [0.3, 0.4) is 0 Å². The van der Waals surface area contributed by atoms with Crippen molar-refractivity contribution in [2.45, 2.75) is 45.4 Å². The number of carbonyl (C=O) groups is 2. The Morgan fingerprint density at radius 2 is 1.64 bits per heavy atom. The minimum atomic E-state index is -0.212. The van der Waals surface area contributed by atoms with E-state index in [1.807, 2.05) is 30.3 Å². The molecule has 1 aliphatic rings. The third-order valence-corrected chi connectivity index (χ3v) is 5.32. The largest absolute Gasteiger partial charge is 0.396 e. The Kier molecular flexibility index (Phi) is 8.22. The first-order chi connectivity index (χ1) is 12.2. The zero-order chi connectivity index (χ0) is 18.1. The lowest BCUT2D eigenvalue weighted by molar-refractivity contribution is -0.136. The van der Waals surface area contributed by atoms with E-state index in [-0.39, 0.29) is 18.4 Å². The third kappa shape index (κ3) is 5.19. The van der Waals surface area contributed by atoms with Gasteiger partial charge in [0.05, 0.1) is 17.1 Å². The Bertz CT molecular complexity index is 613. The summed E-state index contributed by atoms with van der Waals surface area (Å²) in [5, 5.41) is 9.09. The number of imide groups is 1. The molecular weight excluding hydrogens is 334 g/mol. The highest BCUT2D eigenvalue weighted by molar-refractivity contribution is 8.04. The SMILES string of the molecule is CCCCCCCCN1C(=O)C(SCCO)=C(c2ccccc2)C1=O. The monoisotopic (exact) mass is 361 g/mol. The van der Waals surface area contributed by atoms with E-state index in [0.29, 0.717) is 22.8 Å². The van der Waals surface area contributed by atoms with Gasteiger partial charge in [-0.15, -0.1) is 11.8 Å². The zero-order valence-electron chi connectivity index (χ0n) is 14.9. The summed E-state index contributed by atoms with van der Waals surface area (Å²) >= 11 is 1.27. The van der Waals surface area contributed by atoms with Gasteiger partial charge >= 0.3 is 0 Å². The van der Waals surface area contributed by atoms with Crippen LogP contribution in [0.1, 0.15) is 51.0 Å². The molecule has 1 aromatic rings. The average molecular weight is 362 g/mol. The van der Waals surface area contributed by atoms with Crippen molar-refractivity contribution >= 4 is 29.1 Å². The second-order valence-corrected chi connectivity index (χ2v) is 7.28. The molecule has 136 valence electrons.